The van der Waals surface area contributed by atoms with E-state index in [4.69, 9.17) is 0 Å². The highest BCUT2D eigenvalue weighted by atomic mass is 79.9. The van der Waals surface area contributed by atoms with Gasteiger partial charge in [-0.15, -0.1) is 11.3 Å². The molecule has 1 aromatic rings. The normalized spacial score (nSPS) is 13.8. The summed E-state index contributed by atoms with van der Waals surface area (Å²) in [6.07, 6.45) is 1.95. The molecule has 0 aromatic carbocycles. The van der Waals surface area contributed by atoms with Gasteiger partial charge in [0.05, 0.1) is 0 Å². The second kappa shape index (κ2) is 7.23. The lowest BCUT2D eigenvalue weighted by Gasteiger charge is -2.14. The van der Waals surface area contributed by atoms with Crippen LogP contribution in [-0.2, 0) is 10.0 Å². The predicted molar refractivity (Wildman–Crippen MR) is 79.4 cm³/mol. The van der Waals surface area contributed by atoms with Gasteiger partial charge in [-0.3, -0.25) is 0 Å². The minimum atomic E-state index is -3.36. The standard InChI is InChI=1S/C10H15Br2NO2S2/c1-2-8(3-5-11)7-13-17(14,15)10-9(12)4-6-16-10/h4,6,8,13H,2-3,5,7H2,1H3. The van der Waals surface area contributed by atoms with Crippen LogP contribution in [0.25, 0.3) is 0 Å². The van der Waals surface area contributed by atoms with E-state index in [-0.39, 0.29) is 0 Å². The second-order valence-corrected chi connectivity index (χ2v) is 8.19. The predicted octanol–water partition coefficient (Wildman–Crippen LogP) is 3.60. The van der Waals surface area contributed by atoms with Gasteiger partial charge < -0.3 is 0 Å². The van der Waals surface area contributed by atoms with Gasteiger partial charge >= 0.3 is 0 Å². The summed E-state index contributed by atoms with van der Waals surface area (Å²) in [7, 11) is -3.36. The quantitative estimate of drug-likeness (QED) is 0.705. The number of thiophene rings is 1. The van der Waals surface area contributed by atoms with Crippen LogP contribution in [0.4, 0.5) is 0 Å². The van der Waals surface area contributed by atoms with E-state index in [0.717, 1.165) is 18.2 Å². The Morgan fingerprint density at radius 2 is 2.24 bits per heavy atom. The van der Waals surface area contributed by atoms with E-state index in [2.05, 4.69) is 43.5 Å². The Kier molecular flexibility index (Phi) is 6.65. The van der Waals surface area contributed by atoms with Crippen LogP contribution in [0.5, 0.6) is 0 Å². The fourth-order valence-corrected chi connectivity index (χ4v) is 5.51. The number of hydrogen-bond acceptors (Lipinski definition) is 3. The molecular formula is C10H15Br2NO2S2. The number of alkyl halides is 1. The van der Waals surface area contributed by atoms with E-state index < -0.39 is 10.0 Å². The van der Waals surface area contributed by atoms with E-state index in [1.807, 2.05) is 0 Å². The van der Waals surface area contributed by atoms with Crippen molar-refractivity contribution in [1.82, 2.24) is 4.72 Å². The van der Waals surface area contributed by atoms with E-state index in [9.17, 15) is 8.42 Å². The average molecular weight is 405 g/mol. The summed E-state index contributed by atoms with van der Waals surface area (Å²) >= 11 is 7.84. The minimum Gasteiger partial charge on any atom is -0.210 e. The van der Waals surface area contributed by atoms with Crippen molar-refractivity contribution < 1.29 is 8.42 Å². The van der Waals surface area contributed by atoms with Crippen molar-refractivity contribution in [3.63, 3.8) is 0 Å². The first-order valence-electron chi connectivity index (χ1n) is 5.30. The Hall–Kier alpha value is 0.570. The van der Waals surface area contributed by atoms with Crippen LogP contribution in [-0.4, -0.2) is 20.3 Å². The highest BCUT2D eigenvalue weighted by Gasteiger charge is 2.20. The van der Waals surface area contributed by atoms with Crippen molar-refractivity contribution in [3.05, 3.63) is 15.9 Å². The highest BCUT2D eigenvalue weighted by Crippen LogP contribution is 2.27. The molecule has 0 aliphatic rings. The SMILES string of the molecule is CCC(CCBr)CNS(=O)(=O)c1sccc1Br. The maximum absolute atomic E-state index is 12.0. The molecule has 0 amide bonds. The molecule has 17 heavy (non-hydrogen) atoms. The monoisotopic (exact) mass is 403 g/mol. The Balaban J connectivity index is 2.65. The smallest absolute Gasteiger partial charge is 0.210 e. The van der Waals surface area contributed by atoms with Crippen LogP contribution >= 0.6 is 43.2 Å². The van der Waals surface area contributed by atoms with Gasteiger partial charge in [-0.05, 0) is 39.7 Å². The highest BCUT2D eigenvalue weighted by molar-refractivity contribution is 9.10. The molecule has 0 spiro atoms. The molecule has 1 atom stereocenters. The fraction of sp³-hybridized carbons (Fsp3) is 0.600. The molecule has 0 saturated heterocycles. The molecule has 7 heteroatoms. The summed E-state index contributed by atoms with van der Waals surface area (Å²) in [5.41, 5.74) is 0. The first-order valence-corrected chi connectivity index (χ1v) is 9.57. The lowest BCUT2D eigenvalue weighted by Crippen LogP contribution is -2.29. The third-order valence-electron chi connectivity index (χ3n) is 2.49. The third kappa shape index (κ3) is 4.63. The van der Waals surface area contributed by atoms with Crippen LogP contribution in [0.3, 0.4) is 0 Å². The van der Waals surface area contributed by atoms with Gasteiger partial charge in [0, 0.05) is 16.3 Å². The zero-order valence-electron chi connectivity index (χ0n) is 9.45. The number of nitrogens with one attached hydrogen (secondary N) is 1. The Morgan fingerprint density at radius 1 is 1.53 bits per heavy atom. The van der Waals surface area contributed by atoms with E-state index >= 15 is 0 Å². The first kappa shape index (κ1) is 15.6. The van der Waals surface area contributed by atoms with Crippen molar-refractivity contribution >= 4 is 53.2 Å². The van der Waals surface area contributed by atoms with E-state index in [1.54, 1.807) is 11.4 Å². The number of hydrogen-bond donors (Lipinski definition) is 1. The molecule has 0 radical (unpaired) electrons. The summed E-state index contributed by atoms with van der Waals surface area (Å²) in [6, 6.07) is 1.75. The maximum atomic E-state index is 12.0. The van der Waals surface area contributed by atoms with E-state index in [0.29, 0.717) is 21.1 Å². The van der Waals surface area contributed by atoms with Gasteiger partial charge in [0.1, 0.15) is 4.21 Å². The van der Waals surface area contributed by atoms with Gasteiger partial charge in [-0.2, -0.15) is 0 Å². The summed E-state index contributed by atoms with van der Waals surface area (Å²) in [5, 5.41) is 2.66. The van der Waals surface area contributed by atoms with E-state index in [1.165, 1.54) is 11.3 Å². The lowest BCUT2D eigenvalue weighted by molar-refractivity contribution is 0.483. The molecule has 0 fully saturated rings. The van der Waals surface area contributed by atoms with Crippen molar-refractivity contribution in [2.45, 2.75) is 24.0 Å². The Labute approximate surface area is 123 Å². The molecule has 1 aromatic heterocycles. The van der Waals surface area contributed by atoms with Crippen molar-refractivity contribution in [2.24, 2.45) is 5.92 Å². The Bertz CT molecular complexity index is 445. The largest absolute Gasteiger partial charge is 0.251 e. The van der Waals surface area contributed by atoms with Crippen LogP contribution in [0, 0.1) is 5.92 Å². The summed E-state index contributed by atoms with van der Waals surface area (Å²) in [6.45, 7) is 2.57. The maximum Gasteiger partial charge on any atom is 0.251 e. The van der Waals surface area contributed by atoms with Gasteiger partial charge in [-0.25, -0.2) is 13.1 Å². The van der Waals surface area contributed by atoms with Crippen LogP contribution in [0.15, 0.2) is 20.1 Å². The van der Waals surface area contributed by atoms with Crippen LogP contribution < -0.4 is 4.72 Å². The summed E-state index contributed by atoms with van der Waals surface area (Å²) in [5.74, 6) is 0.378. The average Bonchev–Trinajstić information content (AvgIpc) is 2.71. The van der Waals surface area contributed by atoms with Gasteiger partial charge in [0.2, 0.25) is 0 Å². The van der Waals surface area contributed by atoms with Gasteiger partial charge in [0.15, 0.2) is 0 Å². The lowest BCUT2D eigenvalue weighted by atomic mass is 10.0. The van der Waals surface area contributed by atoms with Crippen LogP contribution in [0.2, 0.25) is 0 Å². The first-order chi connectivity index (χ1) is 8.01. The molecule has 3 nitrogen and oxygen atoms in total. The molecule has 1 rings (SSSR count). The molecule has 0 bridgehead atoms. The number of rotatable bonds is 7. The van der Waals surface area contributed by atoms with Crippen molar-refractivity contribution in [1.29, 1.82) is 0 Å². The zero-order valence-corrected chi connectivity index (χ0v) is 14.3. The summed E-state index contributed by atoms with van der Waals surface area (Å²) < 4.78 is 27.6. The van der Waals surface area contributed by atoms with Gasteiger partial charge in [-0.1, -0.05) is 29.3 Å². The van der Waals surface area contributed by atoms with Crippen molar-refractivity contribution in [2.75, 3.05) is 11.9 Å². The summed E-state index contributed by atoms with van der Waals surface area (Å²) in [4.78, 5) is 0. The third-order valence-corrected chi connectivity index (χ3v) is 7.04. The molecule has 0 aliphatic heterocycles. The molecule has 1 unspecified atom stereocenters. The molecule has 98 valence electrons. The number of halogens is 2. The topological polar surface area (TPSA) is 46.2 Å². The molecule has 0 saturated carbocycles. The molecule has 1 N–H and O–H groups in total. The fourth-order valence-electron chi connectivity index (χ4n) is 1.37. The number of sulfonamides is 1. The second-order valence-electron chi connectivity index (χ2n) is 3.66. The van der Waals surface area contributed by atoms with Gasteiger partial charge in [0.25, 0.3) is 10.0 Å². The molecular weight excluding hydrogens is 390 g/mol. The molecule has 0 aliphatic carbocycles. The van der Waals surface area contributed by atoms with Crippen LogP contribution in [0.1, 0.15) is 19.8 Å². The Morgan fingerprint density at radius 3 is 2.71 bits per heavy atom. The minimum absolute atomic E-state index is 0.353. The van der Waals surface area contributed by atoms with Crippen molar-refractivity contribution in [3.8, 4) is 0 Å². The zero-order chi connectivity index (χ0) is 12.9. The molecule has 1 heterocycles.